The fourth-order valence-corrected chi connectivity index (χ4v) is 8.63. The molecule has 2 saturated heterocycles. The van der Waals surface area contributed by atoms with Crippen LogP contribution in [0.25, 0.3) is 0 Å². The van der Waals surface area contributed by atoms with Gasteiger partial charge in [0.25, 0.3) is 0 Å². The molecule has 2 rings (SSSR count). The number of unbranched alkanes of at least 4 members (excludes halogenated alkanes) is 3. The number of carbonyl (C=O) groups excluding carboxylic acids is 7. The molecule has 0 aromatic carbocycles. The van der Waals surface area contributed by atoms with Crippen LogP contribution in [0.1, 0.15) is 104 Å². The third-order valence-corrected chi connectivity index (χ3v) is 13.2. The largest absolute Gasteiger partial charge is 0.379 e. The number of aliphatic hydroxyl groups excluding tert-OH is 2. The van der Waals surface area contributed by atoms with E-state index >= 15 is 0 Å². The molecule has 0 bridgehead atoms. The number of nitrogens with zero attached hydrogens (tertiary/aromatic N) is 2. The van der Waals surface area contributed by atoms with E-state index in [1.807, 2.05) is 20.8 Å². The average Bonchev–Trinajstić information content (AvgIpc) is 3.62. The van der Waals surface area contributed by atoms with Gasteiger partial charge in [0.05, 0.1) is 77.3 Å². The number of ether oxygens (including phenoxy) is 5. The molecular weight excluding hydrogens is 1010 g/mol. The van der Waals surface area contributed by atoms with Crippen LogP contribution in [0.2, 0.25) is 0 Å². The minimum Gasteiger partial charge on any atom is -0.379 e. The van der Waals surface area contributed by atoms with Gasteiger partial charge in [-0.15, -0.1) is 16.8 Å². The zero-order valence-electron chi connectivity index (χ0n) is 44.1. The van der Waals surface area contributed by atoms with Gasteiger partial charge in [-0.05, 0) is 31.4 Å². The molecule has 6 unspecified atom stereocenters. The van der Waals surface area contributed by atoms with Crippen molar-refractivity contribution in [2.24, 2.45) is 0 Å². The predicted molar refractivity (Wildman–Crippen MR) is 275 cm³/mol. The Balaban J connectivity index is 1.85. The van der Waals surface area contributed by atoms with Gasteiger partial charge in [0.2, 0.25) is 41.4 Å². The van der Waals surface area contributed by atoms with E-state index < -0.39 is 73.2 Å². The Hall–Kier alpha value is -3.31. The SMILES string of the molecule is BC1OC(COP(C)(=O)O)C(O)N(OCCCSC2CC(=O)N(CCC(=O)NCCOCCC(=O)NC(COCCC(=O)NCCCC)(COCCC(=O)NCCCC)COCCC(=O)NCCCC)C2=O)C1O. The number of hydroxylamine groups is 2. The van der Waals surface area contributed by atoms with E-state index in [4.69, 9.17) is 33.0 Å². The fraction of sp³-hybridized carbons (Fsp3) is 0.848. The molecule has 8 N–H and O–H groups in total. The zero-order valence-corrected chi connectivity index (χ0v) is 45.8. The summed E-state index contributed by atoms with van der Waals surface area (Å²) in [5.74, 6) is -1.84. The molecular formula is C46H85BN7O18PS. The highest BCUT2D eigenvalue weighted by Crippen LogP contribution is 2.37. The monoisotopic (exact) mass is 1100 g/mol. The van der Waals surface area contributed by atoms with Crippen LogP contribution in [-0.4, -0.2) is 221 Å². The average molecular weight is 1100 g/mol. The lowest BCUT2D eigenvalue weighted by Gasteiger charge is -2.43. The Morgan fingerprint density at radius 3 is 1.70 bits per heavy atom. The maximum absolute atomic E-state index is 13.5. The number of carbonyl (C=O) groups is 7. The summed E-state index contributed by atoms with van der Waals surface area (Å²) in [6.07, 6.45) is 1.75. The van der Waals surface area contributed by atoms with E-state index in [-0.39, 0.29) is 129 Å². The molecule has 7 amide bonds. The third kappa shape index (κ3) is 28.7. The molecule has 0 saturated carbocycles. The predicted octanol–water partition coefficient (Wildman–Crippen LogP) is -0.966. The number of likely N-dealkylation sites (tertiary alicyclic amines) is 1. The summed E-state index contributed by atoms with van der Waals surface area (Å²) in [5, 5.41) is 35.5. The van der Waals surface area contributed by atoms with Gasteiger partial charge in [-0.25, -0.2) is 0 Å². The van der Waals surface area contributed by atoms with Crippen molar-refractivity contribution in [1.29, 1.82) is 0 Å². The first kappa shape index (κ1) is 66.8. The van der Waals surface area contributed by atoms with Crippen molar-refractivity contribution in [2.45, 2.75) is 140 Å². The first-order valence-corrected chi connectivity index (χ1v) is 28.9. The molecule has 0 aliphatic carbocycles. The van der Waals surface area contributed by atoms with Crippen LogP contribution in [0, 0.1) is 0 Å². The second-order valence-electron chi connectivity index (χ2n) is 18.1. The molecule has 0 aromatic rings. The van der Waals surface area contributed by atoms with Crippen molar-refractivity contribution >= 4 is 68.6 Å². The van der Waals surface area contributed by atoms with Crippen molar-refractivity contribution < 1.29 is 86.3 Å². The highest BCUT2D eigenvalue weighted by Gasteiger charge is 2.43. The van der Waals surface area contributed by atoms with Crippen LogP contribution in [0.3, 0.4) is 0 Å². The topological polar surface area (TPSA) is 328 Å². The Bertz CT molecular complexity index is 1670. The van der Waals surface area contributed by atoms with Crippen molar-refractivity contribution in [3.05, 3.63) is 0 Å². The van der Waals surface area contributed by atoms with Crippen molar-refractivity contribution in [3.63, 3.8) is 0 Å². The highest BCUT2D eigenvalue weighted by molar-refractivity contribution is 8.00. The summed E-state index contributed by atoms with van der Waals surface area (Å²) >= 11 is 1.24. The molecule has 6 atom stereocenters. The molecule has 2 fully saturated rings. The number of amides is 7. The number of aliphatic hydroxyl groups is 2. The van der Waals surface area contributed by atoms with Crippen LogP contribution in [0.5, 0.6) is 0 Å². The molecule has 0 radical (unpaired) electrons. The van der Waals surface area contributed by atoms with Crippen LogP contribution in [-0.2, 0) is 71.2 Å². The van der Waals surface area contributed by atoms with E-state index in [1.54, 1.807) is 0 Å². The second-order valence-corrected chi connectivity index (χ2v) is 21.3. The lowest BCUT2D eigenvalue weighted by atomic mass is 9.96. The fourth-order valence-electron chi connectivity index (χ4n) is 7.10. The minimum atomic E-state index is -3.85. The number of rotatable bonds is 43. The van der Waals surface area contributed by atoms with Gasteiger partial charge in [0, 0.05) is 77.9 Å². The van der Waals surface area contributed by atoms with E-state index in [0.717, 1.165) is 55.2 Å². The second kappa shape index (κ2) is 38.3. The van der Waals surface area contributed by atoms with Crippen LogP contribution >= 0.6 is 19.4 Å². The number of hydrogen-bond donors (Lipinski definition) is 8. The molecule has 0 spiro atoms. The van der Waals surface area contributed by atoms with Crippen molar-refractivity contribution in [3.8, 4) is 0 Å². The van der Waals surface area contributed by atoms with Crippen LogP contribution in [0.15, 0.2) is 0 Å². The Morgan fingerprint density at radius 1 is 0.703 bits per heavy atom. The lowest BCUT2D eigenvalue weighted by molar-refractivity contribution is -0.367. The molecule has 2 aliphatic rings. The van der Waals surface area contributed by atoms with Gasteiger partial charge >= 0.3 is 7.60 Å². The minimum absolute atomic E-state index is 0.0260. The van der Waals surface area contributed by atoms with Crippen molar-refractivity contribution in [2.75, 3.05) is 111 Å². The maximum Gasteiger partial charge on any atom is 0.325 e. The standard InChI is InChI=1S/C46H85BN7O18PS/c1-5-8-17-48-37(56)13-24-67-31-46(32-68-25-14-38(57)49-18-9-6-2,33-69-26-15-39(58)50-19-10-7-3)52-40(59)16-23-66-27-20-51-36(55)12-21-53-41(60)29-35(44(53)62)74-28-11-22-70-54-43(61)34(30-71-73(4,64)65)72-42(47)45(54)63/h34-35,42-43,45,61,63H,5-33,47H2,1-4H3,(H,48,56)(H,49,57)(H,50,58)(H,51,55)(H,52,59)(H,64,65). The van der Waals surface area contributed by atoms with Crippen LogP contribution in [0.4, 0.5) is 0 Å². The maximum atomic E-state index is 13.5. The normalized spacial score (nSPS) is 20.0. The quantitative estimate of drug-likeness (QED) is 0.0158. The molecule has 74 heavy (non-hydrogen) atoms. The molecule has 0 aromatic heterocycles. The Morgan fingerprint density at radius 2 is 1.19 bits per heavy atom. The first-order chi connectivity index (χ1) is 35.3. The lowest BCUT2D eigenvalue weighted by Crippen LogP contribution is -2.61. The van der Waals surface area contributed by atoms with E-state index in [0.29, 0.717) is 31.8 Å². The van der Waals surface area contributed by atoms with Gasteiger partial charge in [0.15, 0.2) is 12.5 Å². The van der Waals surface area contributed by atoms with E-state index in [1.165, 1.54) is 19.6 Å². The Kier molecular flexibility index (Phi) is 34.6. The zero-order chi connectivity index (χ0) is 54.8. The van der Waals surface area contributed by atoms with E-state index in [2.05, 4.69) is 26.6 Å². The summed E-state index contributed by atoms with van der Waals surface area (Å²) in [5.41, 5.74) is -1.28. The summed E-state index contributed by atoms with van der Waals surface area (Å²) in [4.78, 5) is 105. The summed E-state index contributed by atoms with van der Waals surface area (Å²) in [7, 11) is -2.31. The van der Waals surface area contributed by atoms with E-state index in [9.17, 15) is 53.2 Å². The Labute approximate surface area is 440 Å². The van der Waals surface area contributed by atoms with Crippen LogP contribution < -0.4 is 26.6 Å². The molecule has 426 valence electrons. The number of morpholine rings is 1. The third-order valence-electron chi connectivity index (χ3n) is 11.3. The summed E-state index contributed by atoms with van der Waals surface area (Å²) in [6.45, 7) is 8.09. The van der Waals surface area contributed by atoms with Gasteiger partial charge < -0.3 is 69.9 Å². The summed E-state index contributed by atoms with van der Waals surface area (Å²) in [6, 6.07) is -0.818. The summed E-state index contributed by atoms with van der Waals surface area (Å²) < 4.78 is 45.3. The number of hydrogen-bond acceptors (Lipinski definition) is 19. The number of thioether (sulfide) groups is 1. The molecule has 28 heteroatoms. The van der Waals surface area contributed by atoms with Gasteiger partial charge in [0.1, 0.15) is 19.5 Å². The van der Waals surface area contributed by atoms with Gasteiger partial charge in [-0.1, -0.05) is 40.0 Å². The first-order valence-electron chi connectivity index (χ1n) is 25.9. The van der Waals surface area contributed by atoms with Crippen molar-refractivity contribution in [1.82, 2.24) is 36.5 Å². The highest BCUT2D eigenvalue weighted by atomic mass is 32.2. The number of imide groups is 1. The van der Waals surface area contributed by atoms with Gasteiger partial charge in [-0.3, -0.25) is 47.9 Å². The molecule has 2 heterocycles. The molecule has 2 aliphatic heterocycles. The smallest absolute Gasteiger partial charge is 0.325 e. The number of nitrogens with one attached hydrogen (secondary N) is 5. The molecule has 25 nitrogen and oxygen atoms in total. The van der Waals surface area contributed by atoms with Gasteiger partial charge in [-0.2, -0.15) is 0 Å².